The van der Waals surface area contributed by atoms with E-state index in [2.05, 4.69) is 16.4 Å². The number of methoxy groups -OCH3 is 1. The van der Waals surface area contributed by atoms with Gasteiger partial charge in [0.25, 0.3) is 6.02 Å². The van der Waals surface area contributed by atoms with Crippen LogP contribution in [0.1, 0.15) is 22.7 Å². The third-order valence-electron chi connectivity index (χ3n) is 4.14. The maximum Gasteiger partial charge on any atom is 0.290 e. The molecule has 1 atom stereocenters. The summed E-state index contributed by atoms with van der Waals surface area (Å²) in [6, 6.07) is 13.6. The van der Waals surface area contributed by atoms with Crippen molar-refractivity contribution in [1.82, 2.24) is 0 Å². The quantitative estimate of drug-likeness (QED) is 0.920. The second kappa shape index (κ2) is 5.78. The van der Waals surface area contributed by atoms with Crippen LogP contribution in [0.4, 0.5) is 5.69 Å². The number of fused-ring (bicyclic) bond motifs is 2. The SMILES string of the molecule is COc1cccc2c1C(N=C1Nc3cccc(C#N)c3CO1)CO2. The van der Waals surface area contributed by atoms with Crippen molar-refractivity contribution in [2.24, 2.45) is 4.99 Å². The van der Waals surface area contributed by atoms with Crippen LogP contribution in [-0.4, -0.2) is 19.7 Å². The van der Waals surface area contributed by atoms with E-state index < -0.39 is 0 Å². The van der Waals surface area contributed by atoms with Gasteiger partial charge in [-0.25, -0.2) is 4.99 Å². The molecule has 0 saturated heterocycles. The van der Waals surface area contributed by atoms with Crippen LogP contribution in [0.3, 0.4) is 0 Å². The Morgan fingerprint density at radius 3 is 2.96 bits per heavy atom. The Hall–Kier alpha value is -3.20. The third-order valence-corrected chi connectivity index (χ3v) is 4.14. The Labute approximate surface area is 139 Å². The summed E-state index contributed by atoms with van der Waals surface area (Å²) < 4.78 is 16.8. The topological polar surface area (TPSA) is 75.9 Å². The van der Waals surface area contributed by atoms with Gasteiger partial charge in [0.1, 0.15) is 30.8 Å². The highest BCUT2D eigenvalue weighted by molar-refractivity contribution is 5.92. The number of nitrogens with zero attached hydrogens (tertiary/aromatic N) is 2. The predicted molar refractivity (Wildman–Crippen MR) is 88.2 cm³/mol. The lowest BCUT2D eigenvalue weighted by Crippen LogP contribution is -2.24. The fourth-order valence-electron chi connectivity index (χ4n) is 2.98. The van der Waals surface area contributed by atoms with E-state index in [9.17, 15) is 0 Å². The van der Waals surface area contributed by atoms with E-state index in [-0.39, 0.29) is 6.04 Å². The monoisotopic (exact) mass is 321 g/mol. The summed E-state index contributed by atoms with van der Waals surface area (Å²) in [4.78, 5) is 4.63. The molecule has 0 spiro atoms. The molecular weight excluding hydrogens is 306 g/mol. The van der Waals surface area contributed by atoms with Gasteiger partial charge in [0.05, 0.1) is 30.0 Å². The fraction of sp³-hybridized carbons (Fsp3) is 0.222. The molecule has 2 aliphatic rings. The summed E-state index contributed by atoms with van der Waals surface area (Å²) in [5.74, 6) is 1.54. The molecule has 120 valence electrons. The third kappa shape index (κ3) is 2.31. The van der Waals surface area contributed by atoms with Gasteiger partial charge in [-0.05, 0) is 24.3 Å². The number of aliphatic imine (C=N–C) groups is 1. The second-order valence-electron chi connectivity index (χ2n) is 5.49. The van der Waals surface area contributed by atoms with Gasteiger partial charge in [0, 0.05) is 5.56 Å². The maximum atomic E-state index is 9.16. The lowest BCUT2D eigenvalue weighted by Gasteiger charge is -2.22. The zero-order valence-corrected chi connectivity index (χ0v) is 13.1. The van der Waals surface area contributed by atoms with E-state index in [0.717, 1.165) is 28.3 Å². The molecule has 1 unspecified atom stereocenters. The molecular formula is C18H15N3O3. The molecule has 0 saturated carbocycles. The van der Waals surface area contributed by atoms with Gasteiger partial charge in [0.2, 0.25) is 0 Å². The first-order valence-corrected chi connectivity index (χ1v) is 7.59. The molecule has 6 nitrogen and oxygen atoms in total. The minimum absolute atomic E-state index is 0.195. The van der Waals surface area contributed by atoms with Gasteiger partial charge in [0.15, 0.2) is 0 Å². The number of hydrogen-bond acceptors (Lipinski definition) is 5. The molecule has 2 aromatic carbocycles. The fourth-order valence-corrected chi connectivity index (χ4v) is 2.98. The van der Waals surface area contributed by atoms with Gasteiger partial charge in [-0.2, -0.15) is 5.26 Å². The number of ether oxygens (including phenoxy) is 3. The largest absolute Gasteiger partial charge is 0.496 e. The molecule has 0 radical (unpaired) electrons. The van der Waals surface area contributed by atoms with Crippen molar-refractivity contribution in [2.75, 3.05) is 19.0 Å². The molecule has 0 bridgehead atoms. The molecule has 0 amide bonds. The van der Waals surface area contributed by atoms with Gasteiger partial charge >= 0.3 is 0 Å². The van der Waals surface area contributed by atoms with E-state index >= 15 is 0 Å². The minimum Gasteiger partial charge on any atom is -0.496 e. The van der Waals surface area contributed by atoms with E-state index in [0.29, 0.717) is 24.8 Å². The molecule has 6 heteroatoms. The van der Waals surface area contributed by atoms with Crippen molar-refractivity contribution in [2.45, 2.75) is 12.6 Å². The molecule has 0 fully saturated rings. The van der Waals surface area contributed by atoms with E-state index in [1.54, 1.807) is 13.2 Å². The number of hydrogen-bond donors (Lipinski definition) is 1. The van der Waals surface area contributed by atoms with Crippen molar-refractivity contribution in [3.8, 4) is 17.6 Å². The highest BCUT2D eigenvalue weighted by atomic mass is 16.5. The summed E-state index contributed by atoms with van der Waals surface area (Å²) in [5.41, 5.74) is 3.22. The zero-order chi connectivity index (χ0) is 16.5. The molecule has 1 N–H and O–H groups in total. The van der Waals surface area contributed by atoms with Crippen LogP contribution >= 0.6 is 0 Å². The van der Waals surface area contributed by atoms with Crippen LogP contribution in [0.5, 0.6) is 11.5 Å². The average molecular weight is 321 g/mol. The highest BCUT2D eigenvalue weighted by Gasteiger charge is 2.29. The minimum atomic E-state index is -0.195. The maximum absolute atomic E-state index is 9.16. The van der Waals surface area contributed by atoms with Crippen molar-refractivity contribution in [1.29, 1.82) is 5.26 Å². The Balaban J connectivity index is 1.65. The van der Waals surface area contributed by atoms with Gasteiger partial charge in [-0.1, -0.05) is 12.1 Å². The first-order valence-electron chi connectivity index (χ1n) is 7.59. The van der Waals surface area contributed by atoms with Crippen LogP contribution in [0, 0.1) is 11.3 Å². The van der Waals surface area contributed by atoms with Crippen molar-refractivity contribution >= 4 is 11.7 Å². The Kier molecular flexibility index (Phi) is 3.47. The number of nitriles is 1. The summed E-state index contributed by atoms with van der Waals surface area (Å²) in [6.07, 6.45) is 0. The lowest BCUT2D eigenvalue weighted by molar-refractivity contribution is 0.277. The lowest BCUT2D eigenvalue weighted by atomic mass is 10.1. The molecule has 0 aromatic heterocycles. The molecule has 2 heterocycles. The van der Waals surface area contributed by atoms with Crippen molar-refractivity contribution in [3.63, 3.8) is 0 Å². The average Bonchev–Trinajstić information content (AvgIpc) is 3.04. The van der Waals surface area contributed by atoms with E-state index in [4.69, 9.17) is 19.5 Å². The molecule has 2 aliphatic heterocycles. The number of amidine groups is 1. The smallest absolute Gasteiger partial charge is 0.290 e. The second-order valence-corrected chi connectivity index (χ2v) is 5.49. The number of anilines is 1. The van der Waals surface area contributed by atoms with Crippen LogP contribution in [0.15, 0.2) is 41.4 Å². The summed E-state index contributed by atoms with van der Waals surface area (Å²) in [5, 5.41) is 12.3. The van der Waals surface area contributed by atoms with Gasteiger partial charge in [-0.15, -0.1) is 0 Å². The molecule has 4 rings (SSSR count). The van der Waals surface area contributed by atoms with Gasteiger partial charge in [-0.3, -0.25) is 0 Å². The first-order chi connectivity index (χ1) is 11.8. The summed E-state index contributed by atoms with van der Waals surface area (Å²) in [6.45, 7) is 0.757. The molecule has 24 heavy (non-hydrogen) atoms. The Morgan fingerprint density at radius 2 is 2.12 bits per heavy atom. The van der Waals surface area contributed by atoms with Crippen molar-refractivity contribution in [3.05, 3.63) is 53.1 Å². The Morgan fingerprint density at radius 1 is 1.25 bits per heavy atom. The Bertz CT molecular complexity index is 870. The van der Waals surface area contributed by atoms with Crippen LogP contribution in [0.25, 0.3) is 0 Å². The number of rotatable bonds is 2. The normalized spacial score (nSPS) is 19.3. The van der Waals surface area contributed by atoms with Crippen LogP contribution in [-0.2, 0) is 11.3 Å². The first kappa shape index (κ1) is 14.4. The van der Waals surface area contributed by atoms with Crippen LogP contribution < -0.4 is 14.8 Å². The number of nitrogens with one attached hydrogen (secondary N) is 1. The van der Waals surface area contributed by atoms with Crippen molar-refractivity contribution < 1.29 is 14.2 Å². The van der Waals surface area contributed by atoms with Crippen LogP contribution in [0.2, 0.25) is 0 Å². The number of benzene rings is 2. The molecule has 0 aliphatic carbocycles. The predicted octanol–water partition coefficient (Wildman–Crippen LogP) is 3.00. The van der Waals surface area contributed by atoms with E-state index in [1.807, 2.05) is 30.3 Å². The summed E-state index contributed by atoms with van der Waals surface area (Å²) >= 11 is 0. The van der Waals surface area contributed by atoms with Gasteiger partial charge < -0.3 is 19.5 Å². The molecule has 2 aromatic rings. The standard InChI is InChI=1S/C18H15N3O3/c1-22-15-6-3-7-16-17(15)14(10-23-16)21-18-20-13-5-2-4-11(8-19)12(13)9-24-18/h2-7,14H,9-10H2,1H3,(H,20,21). The van der Waals surface area contributed by atoms with E-state index in [1.165, 1.54) is 0 Å². The highest BCUT2D eigenvalue weighted by Crippen LogP contribution is 2.41. The zero-order valence-electron chi connectivity index (χ0n) is 13.1. The summed E-state index contributed by atoms with van der Waals surface area (Å²) in [7, 11) is 1.63.